The predicted molar refractivity (Wildman–Crippen MR) is 90.1 cm³/mol. The Hall–Kier alpha value is -2.61. The second-order valence-electron chi connectivity index (χ2n) is 5.02. The van der Waals surface area contributed by atoms with Gasteiger partial charge >= 0.3 is 6.18 Å². The van der Waals surface area contributed by atoms with Crippen molar-refractivity contribution in [2.45, 2.75) is 6.18 Å². The second-order valence-corrected chi connectivity index (χ2v) is 5.43. The SMILES string of the molecule is COc1cccc(OC)c1OCC(=O)Nc1ccc(Cl)c(C(F)(F)F)c1. The maximum absolute atomic E-state index is 12.9. The first-order valence-corrected chi connectivity index (χ1v) is 7.64. The van der Waals surface area contributed by atoms with Crippen LogP contribution in [0.25, 0.3) is 0 Å². The van der Waals surface area contributed by atoms with Gasteiger partial charge in [0.25, 0.3) is 5.91 Å². The van der Waals surface area contributed by atoms with E-state index in [1.165, 1.54) is 20.3 Å². The molecule has 2 aromatic rings. The van der Waals surface area contributed by atoms with E-state index in [0.717, 1.165) is 12.1 Å². The van der Waals surface area contributed by atoms with Gasteiger partial charge in [-0.3, -0.25) is 4.79 Å². The summed E-state index contributed by atoms with van der Waals surface area (Å²) < 4.78 is 54.2. The summed E-state index contributed by atoms with van der Waals surface area (Å²) in [5, 5.41) is 1.87. The quantitative estimate of drug-likeness (QED) is 0.796. The Balaban J connectivity index is 2.09. The highest BCUT2D eigenvalue weighted by Gasteiger charge is 2.33. The molecule has 0 aliphatic heterocycles. The van der Waals surface area contributed by atoms with Crippen molar-refractivity contribution < 1.29 is 32.2 Å². The first kappa shape index (κ1) is 19.7. The van der Waals surface area contributed by atoms with Crippen LogP contribution in [0.1, 0.15) is 5.56 Å². The van der Waals surface area contributed by atoms with E-state index in [1.54, 1.807) is 18.2 Å². The van der Waals surface area contributed by atoms with Crippen molar-refractivity contribution >= 4 is 23.2 Å². The van der Waals surface area contributed by atoms with Crippen molar-refractivity contribution in [2.75, 3.05) is 26.1 Å². The number of carbonyl (C=O) groups is 1. The third-order valence-corrected chi connectivity index (χ3v) is 3.62. The molecule has 0 spiro atoms. The molecule has 0 saturated carbocycles. The molecule has 1 amide bonds. The van der Waals surface area contributed by atoms with Crippen molar-refractivity contribution in [3.63, 3.8) is 0 Å². The van der Waals surface area contributed by atoms with E-state index in [1.807, 2.05) is 0 Å². The number of anilines is 1. The first-order chi connectivity index (χ1) is 12.3. The monoisotopic (exact) mass is 389 g/mol. The molecular weight excluding hydrogens is 375 g/mol. The summed E-state index contributed by atoms with van der Waals surface area (Å²) in [6, 6.07) is 7.99. The van der Waals surface area contributed by atoms with Crippen molar-refractivity contribution in [3.05, 3.63) is 47.0 Å². The molecule has 0 saturated heterocycles. The summed E-state index contributed by atoms with van der Waals surface area (Å²) in [4.78, 5) is 12.0. The molecule has 2 aromatic carbocycles. The van der Waals surface area contributed by atoms with Crippen molar-refractivity contribution in [1.82, 2.24) is 0 Å². The van der Waals surface area contributed by atoms with Gasteiger partial charge in [0.15, 0.2) is 18.1 Å². The summed E-state index contributed by atoms with van der Waals surface area (Å²) in [7, 11) is 2.85. The molecule has 140 valence electrons. The van der Waals surface area contributed by atoms with E-state index >= 15 is 0 Å². The number of para-hydroxylation sites is 1. The van der Waals surface area contributed by atoms with Crippen LogP contribution in [-0.4, -0.2) is 26.7 Å². The fraction of sp³-hybridized carbons (Fsp3) is 0.235. The molecule has 5 nitrogen and oxygen atoms in total. The number of hydrogen-bond acceptors (Lipinski definition) is 4. The van der Waals surface area contributed by atoms with E-state index in [4.69, 9.17) is 25.8 Å². The maximum Gasteiger partial charge on any atom is 0.417 e. The molecule has 0 radical (unpaired) electrons. The zero-order valence-electron chi connectivity index (χ0n) is 13.8. The van der Waals surface area contributed by atoms with Crippen LogP contribution in [0.15, 0.2) is 36.4 Å². The third kappa shape index (κ3) is 4.72. The summed E-state index contributed by atoms with van der Waals surface area (Å²) in [5.74, 6) is 0.249. The molecule has 26 heavy (non-hydrogen) atoms. The van der Waals surface area contributed by atoms with Crippen LogP contribution in [0.3, 0.4) is 0 Å². The van der Waals surface area contributed by atoms with Crippen LogP contribution in [0.2, 0.25) is 5.02 Å². The molecule has 0 aromatic heterocycles. The standard InChI is InChI=1S/C17H15ClF3NO4/c1-24-13-4-3-5-14(25-2)16(13)26-9-15(23)22-10-6-7-12(18)11(8-10)17(19,20)21/h3-8H,9H2,1-2H3,(H,22,23). The number of carbonyl (C=O) groups excluding carboxylic acids is 1. The van der Waals surface area contributed by atoms with E-state index < -0.39 is 29.3 Å². The molecule has 9 heteroatoms. The summed E-state index contributed by atoms with van der Waals surface area (Å²) >= 11 is 5.54. The van der Waals surface area contributed by atoms with Gasteiger partial charge in [0.1, 0.15) is 0 Å². The molecule has 0 heterocycles. The van der Waals surface area contributed by atoms with Gasteiger partial charge in [0, 0.05) is 5.69 Å². The Kier molecular flexibility index (Phi) is 6.20. The molecule has 2 rings (SSSR count). The number of hydrogen-bond donors (Lipinski definition) is 1. The number of nitrogens with one attached hydrogen (secondary N) is 1. The third-order valence-electron chi connectivity index (χ3n) is 3.29. The van der Waals surface area contributed by atoms with Gasteiger partial charge in [-0.25, -0.2) is 0 Å². The molecule has 0 unspecified atom stereocenters. The summed E-state index contributed by atoms with van der Waals surface area (Å²) in [5.41, 5.74) is -1.09. The Bertz CT molecular complexity index is 774. The zero-order valence-corrected chi connectivity index (χ0v) is 14.6. The Morgan fingerprint density at radius 1 is 1.12 bits per heavy atom. The fourth-order valence-electron chi connectivity index (χ4n) is 2.11. The average Bonchev–Trinajstić information content (AvgIpc) is 2.60. The summed E-state index contributed by atoms with van der Waals surface area (Å²) in [6.45, 7) is -0.458. The van der Waals surface area contributed by atoms with Crippen LogP contribution in [-0.2, 0) is 11.0 Å². The van der Waals surface area contributed by atoms with Gasteiger partial charge in [-0.1, -0.05) is 17.7 Å². The lowest BCUT2D eigenvalue weighted by molar-refractivity contribution is -0.137. The number of methoxy groups -OCH3 is 2. The van der Waals surface area contributed by atoms with Gasteiger partial charge in [0.2, 0.25) is 5.75 Å². The minimum atomic E-state index is -4.63. The second kappa shape index (κ2) is 8.18. The highest BCUT2D eigenvalue weighted by molar-refractivity contribution is 6.31. The molecule has 0 aliphatic rings. The number of alkyl halides is 3. The van der Waals surface area contributed by atoms with E-state index in [0.29, 0.717) is 11.5 Å². The van der Waals surface area contributed by atoms with E-state index in [9.17, 15) is 18.0 Å². The van der Waals surface area contributed by atoms with Gasteiger partial charge in [-0.15, -0.1) is 0 Å². The van der Waals surface area contributed by atoms with Gasteiger partial charge < -0.3 is 19.5 Å². The Labute approximate surface area is 152 Å². The number of halogens is 4. The molecule has 0 bridgehead atoms. The zero-order chi connectivity index (χ0) is 19.3. The van der Waals surface area contributed by atoms with Crippen LogP contribution in [0.5, 0.6) is 17.2 Å². The largest absolute Gasteiger partial charge is 0.493 e. The lowest BCUT2D eigenvalue weighted by Gasteiger charge is -2.14. The molecule has 0 atom stereocenters. The van der Waals surface area contributed by atoms with E-state index in [2.05, 4.69) is 5.32 Å². The normalized spacial score (nSPS) is 11.0. The van der Waals surface area contributed by atoms with Gasteiger partial charge in [-0.2, -0.15) is 13.2 Å². The summed E-state index contributed by atoms with van der Waals surface area (Å²) in [6.07, 6.45) is -4.63. The highest BCUT2D eigenvalue weighted by atomic mass is 35.5. The van der Waals surface area contributed by atoms with Crippen molar-refractivity contribution in [3.8, 4) is 17.2 Å². The minimum absolute atomic E-state index is 0.0534. The lowest BCUT2D eigenvalue weighted by Crippen LogP contribution is -2.21. The van der Waals surface area contributed by atoms with Crippen LogP contribution >= 0.6 is 11.6 Å². The molecule has 0 aliphatic carbocycles. The topological polar surface area (TPSA) is 56.8 Å². The molecular formula is C17H15ClF3NO4. The van der Waals surface area contributed by atoms with Gasteiger partial charge in [0.05, 0.1) is 24.8 Å². The Morgan fingerprint density at radius 2 is 1.73 bits per heavy atom. The minimum Gasteiger partial charge on any atom is -0.493 e. The average molecular weight is 390 g/mol. The van der Waals surface area contributed by atoms with E-state index in [-0.39, 0.29) is 11.4 Å². The van der Waals surface area contributed by atoms with Gasteiger partial charge in [-0.05, 0) is 30.3 Å². The highest BCUT2D eigenvalue weighted by Crippen LogP contribution is 2.37. The fourth-order valence-corrected chi connectivity index (χ4v) is 2.34. The smallest absolute Gasteiger partial charge is 0.417 e. The number of amides is 1. The number of ether oxygens (including phenoxy) is 3. The molecule has 1 N–H and O–H groups in total. The maximum atomic E-state index is 12.9. The number of benzene rings is 2. The molecule has 0 fully saturated rings. The van der Waals surface area contributed by atoms with Crippen LogP contribution in [0.4, 0.5) is 18.9 Å². The Morgan fingerprint density at radius 3 is 2.27 bits per heavy atom. The van der Waals surface area contributed by atoms with Crippen molar-refractivity contribution in [2.24, 2.45) is 0 Å². The van der Waals surface area contributed by atoms with Crippen LogP contribution in [0, 0.1) is 0 Å². The lowest BCUT2D eigenvalue weighted by atomic mass is 10.2. The van der Waals surface area contributed by atoms with Crippen molar-refractivity contribution in [1.29, 1.82) is 0 Å². The number of rotatable bonds is 6. The van der Waals surface area contributed by atoms with Crippen LogP contribution < -0.4 is 19.5 Å². The predicted octanol–water partition coefficient (Wildman–Crippen LogP) is 4.39. The first-order valence-electron chi connectivity index (χ1n) is 7.26.